The molecule has 0 aliphatic heterocycles. The average molecular weight is 290 g/mol. The highest BCUT2D eigenvalue weighted by Gasteiger charge is 2.05. The molecule has 1 N–H and O–H groups in total. The van der Waals surface area contributed by atoms with Crippen molar-refractivity contribution in [1.82, 2.24) is 10.3 Å². The normalized spacial score (nSPS) is 10.7. The van der Waals surface area contributed by atoms with Crippen molar-refractivity contribution in [2.45, 2.75) is 33.2 Å². The number of nitrogens with one attached hydrogen (secondary N) is 1. The van der Waals surface area contributed by atoms with E-state index in [9.17, 15) is 0 Å². The van der Waals surface area contributed by atoms with Crippen LogP contribution < -0.4 is 10.1 Å². The highest BCUT2D eigenvalue weighted by Crippen LogP contribution is 2.19. The smallest absolute Gasteiger partial charge is 0.127 e. The van der Waals surface area contributed by atoms with Gasteiger partial charge in [-0.25, -0.2) is 0 Å². The summed E-state index contributed by atoms with van der Waals surface area (Å²) in [7, 11) is 0. The lowest BCUT2D eigenvalue weighted by Crippen LogP contribution is -2.15. The fourth-order valence-electron chi connectivity index (χ4n) is 1.95. The van der Waals surface area contributed by atoms with Crippen LogP contribution in [0.2, 0.25) is 0 Å². The molecular weight excluding hydrogens is 268 g/mol. The summed E-state index contributed by atoms with van der Waals surface area (Å²) in [6.07, 6.45) is 4.01. The molecule has 0 fully saturated rings. The van der Waals surface area contributed by atoms with E-state index in [1.807, 2.05) is 19.2 Å². The molecule has 0 aliphatic carbocycles. The zero-order chi connectivity index (χ0) is 14.2. The molecule has 0 bridgehead atoms. The van der Waals surface area contributed by atoms with Crippen molar-refractivity contribution >= 4 is 11.3 Å². The van der Waals surface area contributed by atoms with Gasteiger partial charge >= 0.3 is 0 Å². The highest BCUT2D eigenvalue weighted by atomic mass is 32.1. The van der Waals surface area contributed by atoms with Crippen molar-refractivity contribution in [2.24, 2.45) is 0 Å². The van der Waals surface area contributed by atoms with Crippen molar-refractivity contribution in [2.75, 3.05) is 13.2 Å². The Morgan fingerprint density at radius 3 is 3.05 bits per heavy atom. The number of aromatic nitrogens is 1. The van der Waals surface area contributed by atoms with Gasteiger partial charge in [-0.2, -0.15) is 0 Å². The molecule has 0 radical (unpaired) electrons. The van der Waals surface area contributed by atoms with E-state index in [1.54, 1.807) is 11.3 Å². The van der Waals surface area contributed by atoms with Crippen LogP contribution in [0.5, 0.6) is 5.75 Å². The number of rotatable bonds is 8. The van der Waals surface area contributed by atoms with E-state index in [0.29, 0.717) is 6.61 Å². The Morgan fingerprint density at radius 2 is 2.30 bits per heavy atom. The van der Waals surface area contributed by atoms with Gasteiger partial charge in [0.2, 0.25) is 0 Å². The SMILES string of the molecule is CCCNCc1cnc(C)cc1OCCc1cccs1. The summed E-state index contributed by atoms with van der Waals surface area (Å²) in [4.78, 5) is 5.72. The summed E-state index contributed by atoms with van der Waals surface area (Å²) in [6, 6.07) is 6.25. The first-order valence-corrected chi connectivity index (χ1v) is 7.99. The molecule has 0 atom stereocenters. The fraction of sp³-hybridized carbons (Fsp3) is 0.438. The second kappa shape index (κ2) is 8.02. The maximum absolute atomic E-state index is 5.95. The fourth-order valence-corrected chi connectivity index (χ4v) is 2.64. The lowest BCUT2D eigenvalue weighted by molar-refractivity contribution is 0.318. The van der Waals surface area contributed by atoms with E-state index in [4.69, 9.17) is 4.74 Å². The first-order chi connectivity index (χ1) is 9.79. The van der Waals surface area contributed by atoms with Gasteiger partial charge in [0.1, 0.15) is 5.75 Å². The number of hydrogen-bond donors (Lipinski definition) is 1. The van der Waals surface area contributed by atoms with E-state index < -0.39 is 0 Å². The van der Waals surface area contributed by atoms with Gasteiger partial charge in [0.15, 0.2) is 0 Å². The Morgan fingerprint density at radius 1 is 1.40 bits per heavy atom. The third-order valence-electron chi connectivity index (χ3n) is 3.01. The van der Waals surface area contributed by atoms with Crippen molar-refractivity contribution in [3.8, 4) is 5.75 Å². The van der Waals surface area contributed by atoms with Crippen LogP contribution >= 0.6 is 11.3 Å². The van der Waals surface area contributed by atoms with Gasteiger partial charge in [0.25, 0.3) is 0 Å². The van der Waals surface area contributed by atoms with E-state index in [0.717, 1.165) is 42.9 Å². The van der Waals surface area contributed by atoms with Crippen molar-refractivity contribution in [1.29, 1.82) is 0 Å². The van der Waals surface area contributed by atoms with Crippen LogP contribution in [0.25, 0.3) is 0 Å². The maximum atomic E-state index is 5.95. The number of pyridine rings is 1. The molecule has 0 saturated carbocycles. The van der Waals surface area contributed by atoms with Crippen LogP contribution in [0.1, 0.15) is 29.5 Å². The van der Waals surface area contributed by atoms with E-state index in [1.165, 1.54) is 4.88 Å². The molecule has 2 heterocycles. The largest absolute Gasteiger partial charge is 0.493 e. The average Bonchev–Trinajstić information content (AvgIpc) is 2.94. The molecule has 0 aromatic carbocycles. The second-order valence-electron chi connectivity index (χ2n) is 4.79. The molecule has 0 spiro atoms. The van der Waals surface area contributed by atoms with Crippen molar-refractivity contribution in [3.63, 3.8) is 0 Å². The van der Waals surface area contributed by atoms with E-state index >= 15 is 0 Å². The van der Waals surface area contributed by atoms with Gasteiger partial charge in [0.05, 0.1) is 6.61 Å². The zero-order valence-electron chi connectivity index (χ0n) is 12.2. The molecule has 4 heteroatoms. The third kappa shape index (κ3) is 4.62. The Hall–Kier alpha value is -1.39. The molecule has 0 unspecified atom stereocenters. The molecule has 0 amide bonds. The first kappa shape index (κ1) is 15.0. The summed E-state index contributed by atoms with van der Waals surface area (Å²) in [5.41, 5.74) is 2.13. The molecular formula is C16H22N2OS. The van der Waals surface area contributed by atoms with Gasteiger partial charge < -0.3 is 10.1 Å². The van der Waals surface area contributed by atoms with Gasteiger partial charge in [-0.15, -0.1) is 11.3 Å². The molecule has 108 valence electrons. The third-order valence-corrected chi connectivity index (χ3v) is 3.95. The molecule has 2 aromatic rings. The Balaban J connectivity index is 1.92. The molecule has 20 heavy (non-hydrogen) atoms. The monoisotopic (exact) mass is 290 g/mol. The Kier molecular flexibility index (Phi) is 6.02. The topological polar surface area (TPSA) is 34.2 Å². The van der Waals surface area contributed by atoms with Crippen LogP contribution in [-0.4, -0.2) is 18.1 Å². The highest BCUT2D eigenvalue weighted by molar-refractivity contribution is 7.09. The van der Waals surface area contributed by atoms with E-state index in [2.05, 4.69) is 34.7 Å². The van der Waals surface area contributed by atoms with Crippen molar-refractivity contribution < 1.29 is 4.74 Å². The number of nitrogens with zero attached hydrogens (tertiary/aromatic N) is 1. The van der Waals surface area contributed by atoms with Crippen LogP contribution in [-0.2, 0) is 13.0 Å². The number of hydrogen-bond acceptors (Lipinski definition) is 4. The molecule has 0 aliphatic rings. The molecule has 2 rings (SSSR count). The number of aryl methyl sites for hydroxylation is 1. The van der Waals surface area contributed by atoms with Gasteiger partial charge in [0, 0.05) is 41.4 Å². The van der Waals surface area contributed by atoms with Gasteiger partial charge in [-0.3, -0.25) is 4.98 Å². The van der Waals surface area contributed by atoms with Gasteiger partial charge in [-0.05, 0) is 31.3 Å². The minimum Gasteiger partial charge on any atom is -0.493 e. The predicted octanol–water partition coefficient (Wildman–Crippen LogP) is 3.57. The minimum atomic E-state index is 0.713. The predicted molar refractivity (Wildman–Crippen MR) is 84.5 cm³/mol. The molecule has 2 aromatic heterocycles. The number of ether oxygens (including phenoxy) is 1. The number of thiophene rings is 1. The van der Waals surface area contributed by atoms with Gasteiger partial charge in [-0.1, -0.05) is 13.0 Å². The van der Waals surface area contributed by atoms with Crippen molar-refractivity contribution in [3.05, 3.63) is 45.9 Å². The summed E-state index contributed by atoms with van der Waals surface area (Å²) in [6.45, 7) is 6.71. The lowest BCUT2D eigenvalue weighted by Gasteiger charge is -2.12. The molecule has 0 saturated heterocycles. The first-order valence-electron chi connectivity index (χ1n) is 7.11. The summed E-state index contributed by atoms with van der Waals surface area (Å²) < 4.78 is 5.95. The van der Waals surface area contributed by atoms with Crippen LogP contribution in [0.15, 0.2) is 29.8 Å². The summed E-state index contributed by atoms with van der Waals surface area (Å²) in [5, 5.41) is 5.50. The van der Waals surface area contributed by atoms with Crippen LogP contribution in [0.3, 0.4) is 0 Å². The standard InChI is InChI=1S/C16H22N2OS/c1-3-7-17-11-14-12-18-13(2)10-16(14)19-8-6-15-5-4-9-20-15/h4-5,9-10,12,17H,3,6-8,11H2,1-2H3. The minimum absolute atomic E-state index is 0.713. The zero-order valence-corrected chi connectivity index (χ0v) is 13.0. The second-order valence-corrected chi connectivity index (χ2v) is 5.82. The Labute approximate surface area is 125 Å². The van der Waals surface area contributed by atoms with Crippen LogP contribution in [0, 0.1) is 6.92 Å². The van der Waals surface area contributed by atoms with E-state index in [-0.39, 0.29) is 0 Å². The Bertz CT molecular complexity index is 511. The quantitative estimate of drug-likeness (QED) is 0.755. The van der Waals surface area contributed by atoms with Crippen LogP contribution in [0.4, 0.5) is 0 Å². The summed E-state index contributed by atoms with van der Waals surface area (Å²) in [5.74, 6) is 0.956. The maximum Gasteiger partial charge on any atom is 0.127 e. The summed E-state index contributed by atoms with van der Waals surface area (Å²) >= 11 is 1.78. The lowest BCUT2D eigenvalue weighted by atomic mass is 10.2. The molecule has 3 nitrogen and oxygen atoms in total.